The average Bonchev–Trinajstić information content (AvgIpc) is 2.46. The first-order chi connectivity index (χ1) is 5.84. The van der Waals surface area contributed by atoms with Crippen LogP contribution in [0.25, 0.3) is 0 Å². The molecule has 0 atom stereocenters. The molecule has 0 aliphatic heterocycles. The van der Waals surface area contributed by atoms with Gasteiger partial charge in [0.05, 0.1) is 6.20 Å². The van der Waals surface area contributed by atoms with Crippen LogP contribution in [0.2, 0.25) is 0 Å². The number of hydrogen-bond donors (Lipinski definition) is 1. The van der Waals surface area contributed by atoms with Crippen LogP contribution in [-0.2, 0) is 7.05 Å². The van der Waals surface area contributed by atoms with Crippen molar-refractivity contribution >= 4 is 0 Å². The Morgan fingerprint density at radius 3 is 3.08 bits per heavy atom. The third-order valence-corrected chi connectivity index (χ3v) is 1.39. The number of aliphatic hydroxyl groups excluding tert-OH is 1. The Labute approximate surface area is 71.2 Å². The van der Waals surface area contributed by atoms with Crippen molar-refractivity contribution in [2.75, 3.05) is 6.61 Å². The van der Waals surface area contributed by atoms with E-state index in [2.05, 4.69) is 22.2 Å². The van der Waals surface area contributed by atoms with Crippen LogP contribution in [0.5, 0.6) is 0 Å². The second kappa shape index (κ2) is 4.52. The summed E-state index contributed by atoms with van der Waals surface area (Å²) in [7, 11) is 1.79. The molecule has 0 aromatic carbocycles. The maximum absolute atomic E-state index is 8.48. The van der Waals surface area contributed by atoms with Crippen LogP contribution in [-0.4, -0.2) is 26.7 Å². The van der Waals surface area contributed by atoms with E-state index in [9.17, 15) is 0 Å². The van der Waals surface area contributed by atoms with Gasteiger partial charge in [-0.3, -0.25) is 0 Å². The van der Waals surface area contributed by atoms with Gasteiger partial charge < -0.3 is 5.11 Å². The SMILES string of the molecule is Cn1nncc1C#CCCCO. The topological polar surface area (TPSA) is 50.9 Å². The van der Waals surface area contributed by atoms with Gasteiger partial charge in [-0.15, -0.1) is 5.10 Å². The molecule has 1 aromatic rings. The second-order valence-electron chi connectivity index (χ2n) is 2.37. The molecule has 0 amide bonds. The molecule has 1 rings (SSSR count). The molecule has 0 aliphatic rings. The van der Waals surface area contributed by atoms with E-state index in [1.807, 2.05) is 0 Å². The summed E-state index contributed by atoms with van der Waals surface area (Å²) in [6.45, 7) is 0.193. The minimum atomic E-state index is 0.193. The van der Waals surface area contributed by atoms with Gasteiger partial charge in [0, 0.05) is 20.1 Å². The number of unbranched alkanes of at least 4 members (excludes halogenated alkanes) is 1. The fourth-order valence-electron chi connectivity index (χ4n) is 0.723. The molecule has 1 N–H and O–H groups in total. The lowest BCUT2D eigenvalue weighted by Crippen LogP contribution is -1.93. The largest absolute Gasteiger partial charge is 0.396 e. The van der Waals surface area contributed by atoms with E-state index < -0.39 is 0 Å². The molecule has 0 aliphatic carbocycles. The minimum absolute atomic E-state index is 0.193. The predicted molar refractivity (Wildman–Crippen MR) is 44.2 cm³/mol. The highest BCUT2D eigenvalue weighted by Crippen LogP contribution is 1.90. The summed E-state index contributed by atoms with van der Waals surface area (Å²) in [6.07, 6.45) is 3.05. The lowest BCUT2D eigenvalue weighted by atomic mass is 10.3. The molecule has 12 heavy (non-hydrogen) atoms. The number of hydrogen-bond acceptors (Lipinski definition) is 3. The van der Waals surface area contributed by atoms with Gasteiger partial charge in [0.2, 0.25) is 0 Å². The molecule has 0 saturated carbocycles. The van der Waals surface area contributed by atoms with Gasteiger partial charge in [0.1, 0.15) is 5.69 Å². The number of aliphatic hydroxyl groups is 1. The minimum Gasteiger partial charge on any atom is -0.396 e. The molecule has 1 aromatic heterocycles. The standard InChI is InChI=1S/C8H11N3O/c1-11-8(7-9-10-11)5-3-2-4-6-12/h7,12H,2,4,6H2,1H3. The molecule has 0 bridgehead atoms. The van der Waals surface area contributed by atoms with Crippen LogP contribution in [0.4, 0.5) is 0 Å². The Morgan fingerprint density at radius 2 is 2.50 bits per heavy atom. The van der Waals surface area contributed by atoms with E-state index in [0.717, 1.165) is 12.1 Å². The summed E-state index contributed by atoms with van der Waals surface area (Å²) in [5, 5.41) is 15.9. The fraction of sp³-hybridized carbons (Fsp3) is 0.500. The summed E-state index contributed by atoms with van der Waals surface area (Å²) in [6, 6.07) is 0. The van der Waals surface area contributed by atoms with Gasteiger partial charge in [-0.05, 0) is 12.3 Å². The Balaban J connectivity index is 2.49. The van der Waals surface area contributed by atoms with E-state index in [1.165, 1.54) is 0 Å². The van der Waals surface area contributed by atoms with Crippen LogP contribution in [0.3, 0.4) is 0 Å². The van der Waals surface area contributed by atoms with Gasteiger partial charge in [-0.2, -0.15) is 0 Å². The number of aromatic nitrogens is 3. The Bertz CT molecular complexity index is 295. The Hall–Kier alpha value is -1.34. The van der Waals surface area contributed by atoms with Gasteiger partial charge in [-0.25, -0.2) is 4.68 Å². The molecule has 0 spiro atoms. The van der Waals surface area contributed by atoms with Crippen LogP contribution in [0, 0.1) is 11.8 Å². The van der Waals surface area contributed by atoms with Crippen molar-refractivity contribution in [2.45, 2.75) is 12.8 Å². The third-order valence-electron chi connectivity index (χ3n) is 1.39. The van der Waals surface area contributed by atoms with E-state index in [4.69, 9.17) is 5.11 Å². The summed E-state index contributed by atoms with van der Waals surface area (Å²) in [4.78, 5) is 0. The number of aryl methyl sites for hydroxylation is 1. The summed E-state index contributed by atoms with van der Waals surface area (Å²) in [5.74, 6) is 5.82. The fourth-order valence-corrected chi connectivity index (χ4v) is 0.723. The van der Waals surface area contributed by atoms with Gasteiger partial charge in [-0.1, -0.05) is 11.1 Å². The maximum Gasteiger partial charge on any atom is 0.131 e. The van der Waals surface area contributed by atoms with Crippen LogP contribution < -0.4 is 0 Å². The first kappa shape index (κ1) is 8.75. The van der Waals surface area contributed by atoms with Crippen molar-refractivity contribution in [3.63, 3.8) is 0 Å². The van der Waals surface area contributed by atoms with Crippen molar-refractivity contribution in [3.8, 4) is 11.8 Å². The smallest absolute Gasteiger partial charge is 0.131 e. The number of rotatable bonds is 2. The molecule has 4 heteroatoms. The molecule has 0 radical (unpaired) electrons. The van der Waals surface area contributed by atoms with Gasteiger partial charge in [0.15, 0.2) is 0 Å². The first-order valence-corrected chi connectivity index (χ1v) is 3.79. The molecular formula is C8H11N3O. The zero-order valence-electron chi connectivity index (χ0n) is 6.99. The first-order valence-electron chi connectivity index (χ1n) is 3.79. The van der Waals surface area contributed by atoms with Crippen LogP contribution in [0.15, 0.2) is 6.20 Å². The molecule has 0 fully saturated rings. The lowest BCUT2D eigenvalue weighted by Gasteiger charge is -1.87. The van der Waals surface area contributed by atoms with E-state index >= 15 is 0 Å². The zero-order chi connectivity index (χ0) is 8.81. The molecule has 0 unspecified atom stereocenters. The highest BCUT2D eigenvalue weighted by molar-refractivity contribution is 5.24. The summed E-state index contributed by atoms with van der Waals surface area (Å²) < 4.78 is 1.62. The van der Waals surface area contributed by atoms with Gasteiger partial charge >= 0.3 is 0 Å². The predicted octanol–water partition coefficient (Wildman–Crippen LogP) is -0.0609. The van der Waals surface area contributed by atoms with Gasteiger partial charge in [0.25, 0.3) is 0 Å². The highest BCUT2D eigenvalue weighted by atomic mass is 16.2. The zero-order valence-corrected chi connectivity index (χ0v) is 6.99. The third kappa shape index (κ3) is 2.36. The molecule has 64 valence electrons. The lowest BCUT2D eigenvalue weighted by molar-refractivity contribution is 0.290. The normalized spacial score (nSPS) is 9.17. The second-order valence-corrected chi connectivity index (χ2v) is 2.37. The van der Waals surface area contributed by atoms with E-state index in [-0.39, 0.29) is 6.61 Å². The van der Waals surface area contributed by atoms with Crippen molar-refractivity contribution in [1.29, 1.82) is 0 Å². The average molecular weight is 165 g/mol. The Morgan fingerprint density at radius 1 is 1.67 bits per heavy atom. The van der Waals surface area contributed by atoms with Crippen LogP contribution >= 0.6 is 0 Å². The summed E-state index contributed by atoms with van der Waals surface area (Å²) >= 11 is 0. The summed E-state index contributed by atoms with van der Waals surface area (Å²) in [5.41, 5.74) is 0.799. The molecular weight excluding hydrogens is 154 g/mol. The monoisotopic (exact) mass is 165 g/mol. The van der Waals surface area contributed by atoms with Crippen molar-refractivity contribution in [2.24, 2.45) is 7.05 Å². The van der Waals surface area contributed by atoms with Crippen molar-refractivity contribution in [3.05, 3.63) is 11.9 Å². The van der Waals surface area contributed by atoms with E-state index in [0.29, 0.717) is 6.42 Å². The number of nitrogens with zero attached hydrogens (tertiary/aromatic N) is 3. The molecule has 1 heterocycles. The van der Waals surface area contributed by atoms with Crippen molar-refractivity contribution < 1.29 is 5.11 Å². The molecule has 4 nitrogen and oxygen atoms in total. The van der Waals surface area contributed by atoms with Crippen molar-refractivity contribution in [1.82, 2.24) is 15.0 Å². The Kier molecular flexibility index (Phi) is 3.30. The molecule has 0 saturated heterocycles. The van der Waals surface area contributed by atoms with E-state index in [1.54, 1.807) is 17.9 Å². The quantitative estimate of drug-likeness (QED) is 0.493. The van der Waals surface area contributed by atoms with Crippen LogP contribution in [0.1, 0.15) is 18.5 Å². The highest BCUT2D eigenvalue weighted by Gasteiger charge is 1.91. The maximum atomic E-state index is 8.48.